The van der Waals surface area contributed by atoms with Crippen LogP contribution in [0, 0.1) is 17.2 Å². The van der Waals surface area contributed by atoms with Crippen LogP contribution in [0.4, 0.5) is 11.6 Å². The van der Waals surface area contributed by atoms with E-state index in [1.54, 1.807) is 54.5 Å². The molecule has 0 saturated carbocycles. The molecule has 2 aromatic carbocycles. The maximum atomic E-state index is 12.6. The van der Waals surface area contributed by atoms with Crippen molar-refractivity contribution in [2.75, 3.05) is 32.2 Å². The summed E-state index contributed by atoms with van der Waals surface area (Å²) < 4.78 is 18.2. The Balaban J connectivity index is 1.29. The molecule has 5 rings (SSSR count). The number of hydrogen-bond donors (Lipinski definition) is 2. The quantitative estimate of drug-likeness (QED) is 0.287. The molecule has 2 aromatic heterocycles. The van der Waals surface area contributed by atoms with Gasteiger partial charge in [0.05, 0.1) is 38.1 Å². The van der Waals surface area contributed by atoms with Crippen LogP contribution in [0.3, 0.4) is 0 Å². The summed E-state index contributed by atoms with van der Waals surface area (Å²) in [6, 6.07) is 12.6. The highest BCUT2D eigenvalue weighted by molar-refractivity contribution is 5.95. The molecule has 0 radical (unpaired) electrons. The van der Waals surface area contributed by atoms with E-state index in [1.165, 1.54) is 6.33 Å². The molecule has 1 atom stereocenters. The largest absolute Gasteiger partial charge is 0.495 e. The van der Waals surface area contributed by atoms with Crippen molar-refractivity contribution in [1.29, 1.82) is 5.26 Å². The van der Waals surface area contributed by atoms with Crippen LogP contribution in [0.25, 0.3) is 11.1 Å². The lowest BCUT2D eigenvalue weighted by Gasteiger charge is -2.25. The average Bonchev–Trinajstić information content (AvgIpc) is 3.45. The number of hydrogen-bond acceptors (Lipinski definition) is 11. The van der Waals surface area contributed by atoms with Gasteiger partial charge in [0.1, 0.15) is 30.0 Å². The first kappa shape index (κ1) is 26.5. The van der Waals surface area contributed by atoms with Gasteiger partial charge in [0, 0.05) is 36.0 Å². The smallest absolute Gasteiger partial charge is 0.251 e. The third kappa shape index (κ3) is 6.30. The van der Waals surface area contributed by atoms with Crippen LogP contribution in [0.2, 0.25) is 0 Å². The lowest BCUT2D eigenvalue weighted by molar-refractivity contribution is -0.0298. The van der Waals surface area contributed by atoms with E-state index in [-0.39, 0.29) is 12.0 Å². The molecule has 3 heterocycles. The van der Waals surface area contributed by atoms with Crippen LogP contribution in [0.5, 0.6) is 11.5 Å². The summed E-state index contributed by atoms with van der Waals surface area (Å²) in [5.41, 5.74) is 2.96. The van der Waals surface area contributed by atoms with E-state index in [9.17, 15) is 10.1 Å². The Labute approximate surface area is 230 Å². The molecule has 2 N–H and O–H groups in total. The van der Waals surface area contributed by atoms with Crippen molar-refractivity contribution in [3.8, 4) is 28.7 Å². The summed E-state index contributed by atoms with van der Waals surface area (Å²) in [4.78, 5) is 21.5. The summed E-state index contributed by atoms with van der Waals surface area (Å²) in [5.74, 6) is 1.48. The first-order chi connectivity index (χ1) is 19.5. The van der Waals surface area contributed by atoms with Crippen LogP contribution < -0.4 is 20.1 Å². The van der Waals surface area contributed by atoms with Gasteiger partial charge in [0.15, 0.2) is 0 Å². The zero-order chi connectivity index (χ0) is 27.9. The molecular formula is C27H27N9O4. The second kappa shape index (κ2) is 12.2. The maximum absolute atomic E-state index is 12.6. The highest BCUT2D eigenvalue weighted by Gasteiger charge is 2.20. The summed E-state index contributed by atoms with van der Waals surface area (Å²) in [6.07, 6.45) is 4.54. The van der Waals surface area contributed by atoms with Crippen molar-refractivity contribution in [3.05, 3.63) is 66.2 Å². The molecule has 0 bridgehead atoms. The topological polar surface area (TPSA) is 162 Å². The van der Waals surface area contributed by atoms with Crippen molar-refractivity contribution < 1.29 is 19.0 Å². The fourth-order valence-corrected chi connectivity index (χ4v) is 4.02. The van der Waals surface area contributed by atoms with Crippen LogP contribution in [-0.2, 0) is 11.3 Å². The molecule has 13 nitrogen and oxygen atoms in total. The average molecular weight is 542 g/mol. The Bertz CT molecular complexity index is 1500. The molecule has 1 saturated heterocycles. The summed E-state index contributed by atoms with van der Waals surface area (Å²) in [6.45, 7) is 4.20. The number of ether oxygens (including phenoxy) is 3. The van der Waals surface area contributed by atoms with Crippen LogP contribution in [0.1, 0.15) is 22.8 Å². The highest BCUT2D eigenvalue weighted by Crippen LogP contribution is 2.30. The van der Waals surface area contributed by atoms with Crippen molar-refractivity contribution in [2.24, 2.45) is 5.92 Å². The van der Waals surface area contributed by atoms with Crippen LogP contribution >= 0.6 is 0 Å². The molecule has 204 valence electrons. The lowest BCUT2D eigenvalue weighted by Crippen LogP contribution is -2.39. The minimum Gasteiger partial charge on any atom is -0.495 e. The van der Waals surface area contributed by atoms with Gasteiger partial charge in [-0.25, -0.2) is 14.6 Å². The zero-order valence-electron chi connectivity index (χ0n) is 21.9. The van der Waals surface area contributed by atoms with E-state index in [0.29, 0.717) is 66.5 Å². The number of carbonyl (C=O) groups excluding carboxylic acids is 1. The molecule has 1 amide bonds. The molecule has 1 aliphatic heterocycles. The fraction of sp³-hybridized carbons (Fsp3) is 0.296. The van der Waals surface area contributed by atoms with Gasteiger partial charge < -0.3 is 24.8 Å². The fourth-order valence-electron chi connectivity index (χ4n) is 4.02. The molecule has 13 heteroatoms. The van der Waals surface area contributed by atoms with Gasteiger partial charge in [0.25, 0.3) is 5.91 Å². The lowest BCUT2D eigenvalue weighted by atomic mass is 10.1. The summed E-state index contributed by atoms with van der Waals surface area (Å²) in [5, 5.41) is 26.7. The number of rotatable bonds is 11. The monoisotopic (exact) mass is 541 g/mol. The molecule has 0 spiro atoms. The van der Waals surface area contributed by atoms with Crippen molar-refractivity contribution >= 4 is 17.5 Å². The number of methoxy groups -OCH3 is 1. The minimum absolute atomic E-state index is 0.181. The Morgan fingerprint density at radius 2 is 2.00 bits per heavy atom. The van der Waals surface area contributed by atoms with Crippen molar-refractivity contribution in [3.63, 3.8) is 0 Å². The van der Waals surface area contributed by atoms with E-state index >= 15 is 0 Å². The van der Waals surface area contributed by atoms with E-state index in [0.717, 1.165) is 11.1 Å². The Morgan fingerprint density at radius 1 is 1.18 bits per heavy atom. The van der Waals surface area contributed by atoms with Gasteiger partial charge in [0.2, 0.25) is 5.95 Å². The third-order valence-corrected chi connectivity index (χ3v) is 6.22. The normalized spacial score (nSPS) is 13.5. The molecule has 0 aliphatic carbocycles. The third-order valence-electron chi connectivity index (χ3n) is 6.22. The van der Waals surface area contributed by atoms with Gasteiger partial charge in [-0.2, -0.15) is 5.26 Å². The molecule has 40 heavy (non-hydrogen) atoms. The molecule has 0 unspecified atom stereocenters. The van der Waals surface area contributed by atoms with Gasteiger partial charge in [-0.05, 0) is 53.2 Å². The van der Waals surface area contributed by atoms with Gasteiger partial charge >= 0.3 is 0 Å². The number of nitrogens with zero attached hydrogens (tertiary/aromatic N) is 7. The minimum atomic E-state index is -0.284. The second-order valence-corrected chi connectivity index (χ2v) is 9.23. The Kier molecular flexibility index (Phi) is 8.07. The van der Waals surface area contributed by atoms with E-state index < -0.39 is 0 Å². The highest BCUT2D eigenvalue weighted by atomic mass is 16.5. The maximum Gasteiger partial charge on any atom is 0.251 e. The second-order valence-electron chi connectivity index (χ2n) is 9.23. The summed E-state index contributed by atoms with van der Waals surface area (Å²) in [7, 11) is 1.55. The number of anilines is 2. The number of aromatic nitrogens is 6. The first-order valence-electron chi connectivity index (χ1n) is 12.6. The zero-order valence-corrected chi connectivity index (χ0v) is 21.9. The SMILES string of the molecule is COc1ccc(C(=O)NCC2COC2)cc1Nc1ncc(-c2ccc(C#N)c(O[C@@H](C)Cn3cnnn3)c2)cn1. The number of benzene rings is 2. The van der Waals surface area contributed by atoms with E-state index in [2.05, 4.69) is 42.2 Å². The van der Waals surface area contributed by atoms with Gasteiger partial charge in [-0.3, -0.25) is 4.79 Å². The Morgan fingerprint density at radius 3 is 2.67 bits per heavy atom. The van der Waals surface area contributed by atoms with Crippen molar-refractivity contribution in [2.45, 2.75) is 19.6 Å². The van der Waals surface area contributed by atoms with E-state index in [4.69, 9.17) is 14.2 Å². The van der Waals surface area contributed by atoms with Crippen molar-refractivity contribution in [1.82, 2.24) is 35.5 Å². The molecule has 1 fully saturated rings. The predicted octanol–water partition coefficient (Wildman–Crippen LogP) is 2.60. The predicted molar refractivity (Wildman–Crippen MR) is 143 cm³/mol. The number of tetrazole rings is 1. The molecular weight excluding hydrogens is 514 g/mol. The summed E-state index contributed by atoms with van der Waals surface area (Å²) >= 11 is 0. The van der Waals surface area contributed by atoms with E-state index in [1.807, 2.05) is 13.0 Å². The van der Waals surface area contributed by atoms with Crippen LogP contribution in [0.15, 0.2) is 55.1 Å². The standard InChI is InChI=1S/C27H27N9O4/c1-17(13-36-16-32-34-35-36)40-25-8-19(3-4-21(25)9-28)22-11-30-27(31-12-22)33-23-7-20(5-6-24(23)38-2)26(37)29-10-18-14-39-15-18/h3-8,11-12,16-18H,10,13-15H2,1-2H3,(H,29,37)(H,30,31,33)/t17-/m0/s1. The number of amides is 1. The molecule has 1 aliphatic rings. The number of carbonyl (C=O) groups is 1. The Hall–Kier alpha value is -5.09. The number of nitrogens with one attached hydrogen (secondary N) is 2. The number of nitriles is 1. The van der Waals surface area contributed by atoms with Gasteiger partial charge in [-0.1, -0.05) is 6.07 Å². The van der Waals surface area contributed by atoms with Crippen LogP contribution in [-0.4, -0.2) is 69.1 Å². The first-order valence-corrected chi connectivity index (χ1v) is 12.6. The molecule has 4 aromatic rings. The van der Waals surface area contributed by atoms with Gasteiger partial charge in [-0.15, -0.1) is 5.10 Å².